The van der Waals surface area contributed by atoms with Crippen molar-refractivity contribution in [2.75, 3.05) is 0 Å². The van der Waals surface area contributed by atoms with Gasteiger partial charge in [0.15, 0.2) is 0 Å². The standard InChI is InChI=1S/C10H11ClO.C10H12O2/c2*1-8-2-4-9(5-3-8)6-7-10(11)12/h2-5H,6-7H2,1H3;2-5H,6-7H2,1H3,(H,11,12). The number of carboxylic acids is 1. The first-order valence-electron chi connectivity index (χ1n) is 7.88. The summed E-state index contributed by atoms with van der Waals surface area (Å²) < 4.78 is 0. The average molecular weight is 347 g/mol. The highest BCUT2D eigenvalue weighted by Gasteiger charge is 1.98. The second-order valence-corrected chi connectivity index (χ2v) is 6.14. The fourth-order valence-corrected chi connectivity index (χ4v) is 2.10. The molecule has 0 spiro atoms. The van der Waals surface area contributed by atoms with E-state index in [0.717, 1.165) is 17.5 Å². The maximum absolute atomic E-state index is 10.4. The first kappa shape index (κ1) is 19.9. The number of carbonyl (C=O) groups is 2. The first-order chi connectivity index (χ1) is 11.4. The zero-order valence-corrected chi connectivity index (χ0v) is 14.8. The van der Waals surface area contributed by atoms with Crippen LogP contribution in [-0.2, 0) is 22.4 Å². The molecule has 0 radical (unpaired) electrons. The summed E-state index contributed by atoms with van der Waals surface area (Å²) in [6.45, 7) is 4.05. The largest absolute Gasteiger partial charge is 0.481 e. The van der Waals surface area contributed by atoms with Gasteiger partial charge in [0.2, 0.25) is 5.24 Å². The quantitative estimate of drug-likeness (QED) is 0.771. The number of hydrogen-bond donors (Lipinski definition) is 1. The van der Waals surface area contributed by atoms with Crippen molar-refractivity contribution in [3.05, 3.63) is 70.8 Å². The van der Waals surface area contributed by atoms with E-state index in [-0.39, 0.29) is 11.7 Å². The predicted molar refractivity (Wildman–Crippen MR) is 97.5 cm³/mol. The minimum absolute atomic E-state index is 0.211. The van der Waals surface area contributed by atoms with Crippen LogP contribution in [0.1, 0.15) is 35.1 Å². The van der Waals surface area contributed by atoms with E-state index in [4.69, 9.17) is 16.7 Å². The summed E-state index contributed by atoms with van der Waals surface area (Å²) in [5, 5.41) is 8.16. The molecule has 0 bridgehead atoms. The summed E-state index contributed by atoms with van der Waals surface area (Å²) in [5.74, 6) is -0.740. The SMILES string of the molecule is Cc1ccc(CCC(=O)Cl)cc1.Cc1ccc(CCC(=O)O)cc1. The van der Waals surface area contributed by atoms with E-state index in [1.165, 1.54) is 11.1 Å². The molecule has 2 aromatic carbocycles. The minimum atomic E-state index is -0.740. The third kappa shape index (κ3) is 9.11. The molecule has 0 aromatic heterocycles. The van der Waals surface area contributed by atoms with Gasteiger partial charge < -0.3 is 5.11 Å². The number of benzene rings is 2. The molecule has 0 unspecified atom stereocenters. The van der Waals surface area contributed by atoms with E-state index in [1.807, 2.05) is 62.4 Å². The fraction of sp³-hybridized carbons (Fsp3) is 0.300. The van der Waals surface area contributed by atoms with Crippen LogP contribution in [0.2, 0.25) is 0 Å². The Kier molecular flexibility index (Phi) is 8.80. The Morgan fingerprint density at radius 3 is 1.50 bits per heavy atom. The Morgan fingerprint density at radius 2 is 1.17 bits per heavy atom. The molecule has 24 heavy (non-hydrogen) atoms. The molecule has 128 valence electrons. The number of carbonyl (C=O) groups excluding carboxylic acids is 1. The van der Waals surface area contributed by atoms with Crippen molar-refractivity contribution in [1.29, 1.82) is 0 Å². The van der Waals surface area contributed by atoms with Gasteiger partial charge in [0, 0.05) is 12.8 Å². The molecular weight excluding hydrogens is 324 g/mol. The van der Waals surface area contributed by atoms with Crippen LogP contribution in [0.25, 0.3) is 0 Å². The summed E-state index contributed by atoms with van der Waals surface area (Å²) in [4.78, 5) is 20.7. The van der Waals surface area contributed by atoms with E-state index in [9.17, 15) is 9.59 Å². The normalized spacial score (nSPS) is 9.79. The molecule has 2 aromatic rings. The smallest absolute Gasteiger partial charge is 0.303 e. The van der Waals surface area contributed by atoms with E-state index < -0.39 is 5.97 Å². The van der Waals surface area contributed by atoms with Gasteiger partial charge in [-0.2, -0.15) is 0 Å². The molecule has 2 rings (SSSR count). The van der Waals surface area contributed by atoms with Crippen LogP contribution in [0.5, 0.6) is 0 Å². The van der Waals surface area contributed by atoms with Crippen LogP contribution in [-0.4, -0.2) is 16.3 Å². The van der Waals surface area contributed by atoms with Gasteiger partial charge in [-0.05, 0) is 49.4 Å². The summed E-state index contributed by atoms with van der Waals surface area (Å²) in [7, 11) is 0. The van der Waals surface area contributed by atoms with Gasteiger partial charge in [0.25, 0.3) is 0 Å². The van der Waals surface area contributed by atoms with Gasteiger partial charge in [0.1, 0.15) is 0 Å². The van der Waals surface area contributed by atoms with Crippen LogP contribution in [0.15, 0.2) is 48.5 Å². The number of rotatable bonds is 6. The van der Waals surface area contributed by atoms with Crippen LogP contribution in [0.3, 0.4) is 0 Å². The van der Waals surface area contributed by atoms with Crippen molar-refractivity contribution in [2.24, 2.45) is 0 Å². The monoisotopic (exact) mass is 346 g/mol. The molecule has 0 saturated heterocycles. The van der Waals surface area contributed by atoms with Gasteiger partial charge in [-0.25, -0.2) is 0 Å². The third-order valence-corrected chi connectivity index (χ3v) is 3.67. The molecular formula is C20H23ClO3. The van der Waals surface area contributed by atoms with E-state index in [2.05, 4.69) is 0 Å². The van der Waals surface area contributed by atoms with Crippen molar-refractivity contribution in [3.8, 4) is 0 Å². The summed E-state index contributed by atoms with van der Waals surface area (Å²) in [6, 6.07) is 16.1. The molecule has 0 saturated carbocycles. The van der Waals surface area contributed by atoms with E-state index in [0.29, 0.717) is 12.8 Å². The Morgan fingerprint density at radius 1 is 0.792 bits per heavy atom. The lowest BCUT2D eigenvalue weighted by Crippen LogP contribution is -1.97. The second-order valence-electron chi connectivity index (χ2n) is 5.72. The highest BCUT2D eigenvalue weighted by Crippen LogP contribution is 2.07. The number of aryl methyl sites for hydroxylation is 4. The fourth-order valence-electron chi connectivity index (χ4n) is 2.00. The summed E-state index contributed by atoms with van der Waals surface area (Å²) >= 11 is 5.22. The van der Waals surface area contributed by atoms with Crippen LogP contribution < -0.4 is 0 Å². The highest BCUT2D eigenvalue weighted by molar-refractivity contribution is 6.63. The lowest BCUT2D eigenvalue weighted by molar-refractivity contribution is -0.137. The molecule has 0 amide bonds. The number of halogens is 1. The number of carboxylic acid groups (broad SMARTS) is 1. The van der Waals surface area contributed by atoms with Crippen molar-refractivity contribution in [3.63, 3.8) is 0 Å². The molecule has 4 heteroatoms. The van der Waals surface area contributed by atoms with E-state index in [1.54, 1.807) is 0 Å². The van der Waals surface area contributed by atoms with Crippen molar-refractivity contribution in [2.45, 2.75) is 39.5 Å². The Labute approximate surface area is 148 Å². The molecule has 0 fully saturated rings. The Bertz CT molecular complexity index is 586. The van der Waals surface area contributed by atoms with Crippen LogP contribution in [0, 0.1) is 13.8 Å². The molecule has 1 N–H and O–H groups in total. The number of hydrogen-bond acceptors (Lipinski definition) is 2. The maximum atomic E-state index is 10.4. The van der Waals surface area contributed by atoms with Gasteiger partial charge in [0.05, 0.1) is 0 Å². The summed E-state index contributed by atoms with van der Waals surface area (Å²) in [5.41, 5.74) is 4.68. The molecule has 0 aliphatic heterocycles. The highest BCUT2D eigenvalue weighted by atomic mass is 35.5. The average Bonchev–Trinajstić information content (AvgIpc) is 2.54. The van der Waals surface area contributed by atoms with Gasteiger partial charge in [-0.3, -0.25) is 9.59 Å². The maximum Gasteiger partial charge on any atom is 0.303 e. The number of aliphatic carboxylic acids is 1. The Balaban J connectivity index is 0.000000240. The predicted octanol–water partition coefficient (Wildman–Crippen LogP) is 4.71. The lowest BCUT2D eigenvalue weighted by Gasteiger charge is -1.98. The molecule has 3 nitrogen and oxygen atoms in total. The van der Waals surface area contributed by atoms with Crippen molar-refractivity contribution >= 4 is 22.8 Å². The second kappa shape index (κ2) is 10.6. The topological polar surface area (TPSA) is 54.4 Å². The molecule has 0 aliphatic carbocycles. The zero-order chi connectivity index (χ0) is 17.9. The lowest BCUT2D eigenvalue weighted by atomic mass is 10.1. The van der Waals surface area contributed by atoms with Crippen molar-refractivity contribution < 1.29 is 14.7 Å². The molecule has 0 atom stereocenters. The molecule has 0 heterocycles. The summed E-state index contributed by atoms with van der Waals surface area (Å²) in [6.07, 6.45) is 1.99. The van der Waals surface area contributed by atoms with Crippen LogP contribution in [0.4, 0.5) is 0 Å². The van der Waals surface area contributed by atoms with Crippen LogP contribution >= 0.6 is 11.6 Å². The minimum Gasteiger partial charge on any atom is -0.481 e. The Hall–Kier alpha value is -2.13. The first-order valence-corrected chi connectivity index (χ1v) is 8.26. The van der Waals surface area contributed by atoms with Gasteiger partial charge >= 0.3 is 5.97 Å². The van der Waals surface area contributed by atoms with E-state index >= 15 is 0 Å². The van der Waals surface area contributed by atoms with Gasteiger partial charge in [-0.15, -0.1) is 0 Å². The molecule has 0 aliphatic rings. The van der Waals surface area contributed by atoms with Gasteiger partial charge in [-0.1, -0.05) is 59.7 Å². The third-order valence-electron chi connectivity index (χ3n) is 3.48. The van der Waals surface area contributed by atoms with Crippen molar-refractivity contribution in [1.82, 2.24) is 0 Å². The zero-order valence-electron chi connectivity index (χ0n) is 14.1.